The Hall–Kier alpha value is -3.21. The van der Waals surface area contributed by atoms with Crippen molar-refractivity contribution in [2.75, 3.05) is 13.2 Å². The van der Waals surface area contributed by atoms with Crippen LogP contribution >= 0.6 is 0 Å². The lowest BCUT2D eigenvalue weighted by Gasteiger charge is -2.06. The second-order valence-corrected chi connectivity index (χ2v) is 6.54. The van der Waals surface area contributed by atoms with Gasteiger partial charge in [0, 0.05) is 41.8 Å². The Morgan fingerprint density at radius 1 is 1.11 bits per heavy atom. The Labute approximate surface area is 157 Å². The Morgan fingerprint density at radius 2 is 2.00 bits per heavy atom. The molecular weight excluding hydrogens is 338 g/mol. The summed E-state index contributed by atoms with van der Waals surface area (Å²) in [6.07, 6.45) is 2.97. The van der Waals surface area contributed by atoms with Gasteiger partial charge in [0.25, 0.3) is 5.91 Å². The van der Waals surface area contributed by atoms with Gasteiger partial charge in [0.1, 0.15) is 11.4 Å². The molecule has 1 amide bonds. The molecule has 0 bridgehead atoms. The summed E-state index contributed by atoms with van der Waals surface area (Å²) in [7, 11) is 0. The molecule has 0 saturated carbocycles. The summed E-state index contributed by atoms with van der Waals surface area (Å²) in [4.78, 5) is 15.6. The first kappa shape index (κ1) is 17.2. The molecule has 2 aromatic carbocycles. The van der Waals surface area contributed by atoms with Crippen molar-refractivity contribution >= 4 is 27.7 Å². The van der Waals surface area contributed by atoms with Gasteiger partial charge < -0.3 is 19.6 Å². The Morgan fingerprint density at radius 3 is 2.89 bits per heavy atom. The van der Waals surface area contributed by atoms with E-state index in [1.54, 1.807) is 0 Å². The summed E-state index contributed by atoms with van der Waals surface area (Å²) in [6, 6.07) is 18.1. The van der Waals surface area contributed by atoms with Gasteiger partial charge in [0.05, 0.1) is 6.61 Å². The molecule has 0 saturated heterocycles. The number of nitrogens with one attached hydrogen (secondary N) is 2. The highest BCUT2D eigenvalue weighted by atomic mass is 16.5. The Bertz CT molecular complexity index is 1080. The molecular formula is C22H23N3O2. The monoisotopic (exact) mass is 361 g/mol. The maximum atomic E-state index is 12.4. The topological polar surface area (TPSA) is 59.0 Å². The fourth-order valence-electron chi connectivity index (χ4n) is 3.37. The van der Waals surface area contributed by atoms with Crippen LogP contribution in [0, 0.1) is 0 Å². The summed E-state index contributed by atoms with van der Waals surface area (Å²) >= 11 is 0. The number of ether oxygens (including phenoxy) is 1. The first-order chi connectivity index (χ1) is 13.2. The van der Waals surface area contributed by atoms with E-state index in [-0.39, 0.29) is 5.91 Å². The third kappa shape index (κ3) is 3.67. The number of H-pyrrole nitrogens is 1. The van der Waals surface area contributed by atoms with Crippen LogP contribution in [0.1, 0.15) is 23.8 Å². The Balaban J connectivity index is 1.34. The van der Waals surface area contributed by atoms with Crippen LogP contribution in [-0.4, -0.2) is 28.6 Å². The number of aryl methyl sites for hydroxylation is 1. The highest BCUT2D eigenvalue weighted by Gasteiger charge is 2.10. The van der Waals surface area contributed by atoms with Crippen molar-refractivity contribution in [3.8, 4) is 5.75 Å². The molecule has 2 N–H and O–H groups in total. The van der Waals surface area contributed by atoms with Gasteiger partial charge in [0.15, 0.2) is 0 Å². The van der Waals surface area contributed by atoms with E-state index in [1.807, 2.05) is 43.3 Å². The lowest BCUT2D eigenvalue weighted by molar-refractivity contribution is 0.0948. The van der Waals surface area contributed by atoms with Crippen molar-refractivity contribution in [2.24, 2.45) is 0 Å². The molecule has 0 aliphatic heterocycles. The van der Waals surface area contributed by atoms with Gasteiger partial charge in [-0.05, 0) is 49.1 Å². The molecule has 0 aliphatic rings. The molecule has 138 valence electrons. The second-order valence-electron chi connectivity index (χ2n) is 6.54. The summed E-state index contributed by atoms with van der Waals surface area (Å²) in [5.74, 6) is 0.722. The molecule has 0 radical (unpaired) electrons. The predicted molar refractivity (Wildman–Crippen MR) is 108 cm³/mol. The molecule has 4 rings (SSSR count). The van der Waals surface area contributed by atoms with E-state index in [0.29, 0.717) is 18.8 Å². The highest BCUT2D eigenvalue weighted by molar-refractivity contribution is 5.98. The van der Waals surface area contributed by atoms with E-state index in [0.717, 1.165) is 29.6 Å². The maximum Gasteiger partial charge on any atom is 0.267 e. The summed E-state index contributed by atoms with van der Waals surface area (Å²) in [5, 5.41) is 5.24. The van der Waals surface area contributed by atoms with Crippen molar-refractivity contribution in [3.05, 3.63) is 66.5 Å². The first-order valence-corrected chi connectivity index (χ1v) is 9.32. The van der Waals surface area contributed by atoms with Crippen molar-refractivity contribution < 1.29 is 9.53 Å². The summed E-state index contributed by atoms with van der Waals surface area (Å²) in [6.45, 7) is 4.08. The fraction of sp³-hybridized carbons (Fsp3) is 0.227. The summed E-state index contributed by atoms with van der Waals surface area (Å²) in [5.41, 5.74) is 2.71. The quantitative estimate of drug-likeness (QED) is 0.481. The van der Waals surface area contributed by atoms with Crippen LogP contribution in [0.4, 0.5) is 0 Å². The first-order valence-electron chi connectivity index (χ1n) is 9.32. The SMILES string of the molecule is CCOc1ccc2cc(C(=O)NCCCn3ccc4ccccc43)[nH]c2c1. The third-order valence-corrected chi connectivity index (χ3v) is 4.69. The van der Waals surface area contributed by atoms with E-state index in [4.69, 9.17) is 4.74 Å². The van der Waals surface area contributed by atoms with Gasteiger partial charge in [-0.25, -0.2) is 0 Å². The Kier molecular flexibility index (Phi) is 4.83. The molecule has 2 aromatic heterocycles. The van der Waals surface area contributed by atoms with Crippen LogP contribution in [0.3, 0.4) is 0 Å². The van der Waals surface area contributed by atoms with Gasteiger partial charge in [0.2, 0.25) is 0 Å². The van der Waals surface area contributed by atoms with Gasteiger partial charge in [-0.3, -0.25) is 4.79 Å². The highest BCUT2D eigenvalue weighted by Crippen LogP contribution is 2.21. The number of amides is 1. The minimum absolute atomic E-state index is 0.0819. The molecule has 0 fully saturated rings. The molecule has 5 nitrogen and oxygen atoms in total. The van der Waals surface area contributed by atoms with Gasteiger partial charge in [-0.2, -0.15) is 0 Å². The van der Waals surface area contributed by atoms with E-state index in [1.165, 1.54) is 10.9 Å². The smallest absolute Gasteiger partial charge is 0.267 e. The molecule has 27 heavy (non-hydrogen) atoms. The minimum Gasteiger partial charge on any atom is -0.494 e. The van der Waals surface area contributed by atoms with Crippen LogP contribution in [0.15, 0.2) is 60.8 Å². The van der Waals surface area contributed by atoms with Crippen molar-refractivity contribution in [2.45, 2.75) is 19.9 Å². The number of benzene rings is 2. The zero-order valence-corrected chi connectivity index (χ0v) is 15.4. The zero-order chi connectivity index (χ0) is 18.6. The number of carbonyl (C=O) groups excluding carboxylic acids is 1. The zero-order valence-electron chi connectivity index (χ0n) is 15.4. The molecule has 2 heterocycles. The van der Waals surface area contributed by atoms with Crippen LogP contribution in [0.25, 0.3) is 21.8 Å². The van der Waals surface area contributed by atoms with Crippen molar-refractivity contribution in [3.63, 3.8) is 0 Å². The van der Waals surface area contributed by atoms with E-state index in [2.05, 4.69) is 39.3 Å². The molecule has 0 atom stereocenters. The number of rotatable bonds is 7. The van der Waals surface area contributed by atoms with Crippen LogP contribution in [-0.2, 0) is 6.54 Å². The van der Waals surface area contributed by atoms with Crippen molar-refractivity contribution in [1.82, 2.24) is 14.9 Å². The van der Waals surface area contributed by atoms with E-state index >= 15 is 0 Å². The maximum absolute atomic E-state index is 12.4. The molecule has 0 aliphatic carbocycles. The van der Waals surface area contributed by atoms with Gasteiger partial charge in [-0.15, -0.1) is 0 Å². The number of aromatic nitrogens is 2. The number of aromatic amines is 1. The molecule has 4 aromatic rings. The minimum atomic E-state index is -0.0819. The van der Waals surface area contributed by atoms with Gasteiger partial charge in [-0.1, -0.05) is 18.2 Å². The van der Waals surface area contributed by atoms with Crippen LogP contribution in [0.2, 0.25) is 0 Å². The van der Waals surface area contributed by atoms with Gasteiger partial charge >= 0.3 is 0 Å². The lowest BCUT2D eigenvalue weighted by atomic mass is 10.2. The van der Waals surface area contributed by atoms with E-state index in [9.17, 15) is 4.79 Å². The number of nitrogens with zero attached hydrogens (tertiary/aromatic N) is 1. The normalized spacial score (nSPS) is 11.1. The number of carbonyl (C=O) groups is 1. The largest absolute Gasteiger partial charge is 0.494 e. The number of fused-ring (bicyclic) bond motifs is 2. The fourth-order valence-corrected chi connectivity index (χ4v) is 3.37. The average Bonchev–Trinajstić information content (AvgIpc) is 3.29. The van der Waals surface area contributed by atoms with Crippen LogP contribution < -0.4 is 10.1 Å². The predicted octanol–water partition coefficient (Wildman–Crippen LogP) is 4.34. The number of hydrogen-bond acceptors (Lipinski definition) is 2. The second kappa shape index (κ2) is 7.58. The number of hydrogen-bond donors (Lipinski definition) is 2. The standard InChI is InChI=1S/C22H23N3O2/c1-2-27-18-9-8-17-14-20(24-19(17)15-18)22(26)23-11-5-12-25-13-10-16-6-3-4-7-21(16)25/h3-4,6-10,13-15,24H,2,5,11-12H2,1H3,(H,23,26). The van der Waals surface area contributed by atoms with E-state index < -0.39 is 0 Å². The third-order valence-electron chi connectivity index (χ3n) is 4.69. The average molecular weight is 361 g/mol. The molecule has 0 spiro atoms. The molecule has 5 heteroatoms. The van der Waals surface area contributed by atoms with Crippen molar-refractivity contribution in [1.29, 1.82) is 0 Å². The summed E-state index contributed by atoms with van der Waals surface area (Å²) < 4.78 is 7.73. The number of para-hydroxylation sites is 1. The lowest BCUT2D eigenvalue weighted by Crippen LogP contribution is -2.25. The van der Waals surface area contributed by atoms with Crippen LogP contribution in [0.5, 0.6) is 5.75 Å². The molecule has 0 unspecified atom stereocenters.